The highest BCUT2D eigenvalue weighted by Crippen LogP contribution is 2.17. The molecule has 0 radical (unpaired) electrons. The highest BCUT2D eigenvalue weighted by molar-refractivity contribution is 6.06. The molecule has 0 fully saturated rings. The number of fused-ring (bicyclic) bond motifs is 1. The number of carbonyl (C=O) groups is 2. The fraction of sp³-hybridized carbons (Fsp3) is 0.176. The maximum Gasteiger partial charge on any atom is 0.318 e. The third kappa shape index (κ3) is 3.57. The predicted octanol–water partition coefficient (Wildman–Crippen LogP) is 2.45. The van der Waals surface area contributed by atoms with Crippen LogP contribution in [0.2, 0.25) is 0 Å². The van der Waals surface area contributed by atoms with Crippen LogP contribution in [0.1, 0.15) is 17.3 Å². The lowest BCUT2D eigenvalue weighted by Gasteiger charge is -2.08. The lowest BCUT2D eigenvalue weighted by atomic mass is 10.1. The van der Waals surface area contributed by atoms with Gasteiger partial charge in [-0.25, -0.2) is 9.48 Å². The Bertz CT molecular complexity index is 917. The molecule has 128 valence electrons. The van der Waals surface area contributed by atoms with E-state index in [9.17, 15) is 9.59 Å². The Hall–Kier alpha value is -3.42. The van der Waals surface area contributed by atoms with Gasteiger partial charge in [-0.1, -0.05) is 5.21 Å². The molecule has 8 nitrogen and oxygen atoms in total. The van der Waals surface area contributed by atoms with Crippen LogP contribution in [0.25, 0.3) is 11.0 Å². The first-order chi connectivity index (χ1) is 12.1. The number of rotatable bonds is 4. The first-order valence-electron chi connectivity index (χ1n) is 7.84. The van der Waals surface area contributed by atoms with Crippen molar-refractivity contribution in [2.45, 2.75) is 13.5 Å². The summed E-state index contributed by atoms with van der Waals surface area (Å²) in [7, 11) is 1.54. The van der Waals surface area contributed by atoms with Crippen molar-refractivity contribution >= 4 is 34.3 Å². The quantitative estimate of drug-likeness (QED) is 0.680. The van der Waals surface area contributed by atoms with Crippen LogP contribution < -0.4 is 16.0 Å². The van der Waals surface area contributed by atoms with Crippen LogP contribution in [-0.4, -0.2) is 34.0 Å². The van der Waals surface area contributed by atoms with E-state index < -0.39 is 0 Å². The Morgan fingerprint density at radius 3 is 2.36 bits per heavy atom. The molecule has 3 amide bonds. The zero-order valence-electron chi connectivity index (χ0n) is 13.9. The van der Waals surface area contributed by atoms with Crippen LogP contribution in [0.4, 0.5) is 16.2 Å². The normalized spacial score (nSPS) is 10.5. The summed E-state index contributed by atoms with van der Waals surface area (Å²) in [5.74, 6) is -0.236. The summed E-state index contributed by atoms with van der Waals surface area (Å²) >= 11 is 0. The standard InChI is InChI=1S/C17H18N6O2/c1-3-23-15-9-4-11(10-14(15)21-22-23)16(24)19-12-5-7-13(8-6-12)20-17(25)18-2/h4-10H,3H2,1-2H3,(H,19,24)(H2,18,20,25). The second-order valence-corrected chi connectivity index (χ2v) is 5.34. The largest absolute Gasteiger partial charge is 0.341 e. The number of anilines is 2. The van der Waals surface area contributed by atoms with E-state index >= 15 is 0 Å². The number of hydrogen-bond acceptors (Lipinski definition) is 4. The van der Waals surface area contributed by atoms with Gasteiger partial charge in [0, 0.05) is 30.5 Å². The highest BCUT2D eigenvalue weighted by atomic mass is 16.2. The third-order valence-electron chi connectivity index (χ3n) is 3.70. The molecule has 1 heterocycles. The van der Waals surface area contributed by atoms with Crippen molar-refractivity contribution in [1.82, 2.24) is 20.3 Å². The van der Waals surface area contributed by atoms with E-state index in [2.05, 4.69) is 26.3 Å². The number of benzene rings is 2. The zero-order valence-corrected chi connectivity index (χ0v) is 13.9. The lowest BCUT2D eigenvalue weighted by molar-refractivity contribution is 0.102. The highest BCUT2D eigenvalue weighted by Gasteiger charge is 2.10. The van der Waals surface area contributed by atoms with Gasteiger partial charge >= 0.3 is 6.03 Å². The van der Waals surface area contributed by atoms with Gasteiger partial charge in [-0.05, 0) is 49.4 Å². The van der Waals surface area contributed by atoms with Crippen LogP contribution in [0.3, 0.4) is 0 Å². The molecule has 1 aromatic heterocycles. The maximum absolute atomic E-state index is 12.4. The molecule has 3 rings (SSSR count). The van der Waals surface area contributed by atoms with Gasteiger partial charge in [0.25, 0.3) is 5.91 Å². The molecular weight excluding hydrogens is 320 g/mol. The summed E-state index contributed by atoms with van der Waals surface area (Å²) in [6, 6.07) is 11.8. The van der Waals surface area contributed by atoms with Gasteiger partial charge in [-0.2, -0.15) is 0 Å². The van der Waals surface area contributed by atoms with E-state index in [0.29, 0.717) is 22.5 Å². The van der Waals surface area contributed by atoms with Gasteiger partial charge in [0.1, 0.15) is 5.52 Å². The molecule has 0 aliphatic carbocycles. The molecule has 3 N–H and O–H groups in total. The smallest absolute Gasteiger partial charge is 0.318 e. The molecule has 0 aliphatic heterocycles. The van der Waals surface area contributed by atoms with Crippen LogP contribution in [0.5, 0.6) is 0 Å². The van der Waals surface area contributed by atoms with Gasteiger partial charge in [-0.15, -0.1) is 5.10 Å². The van der Waals surface area contributed by atoms with Gasteiger partial charge < -0.3 is 16.0 Å². The third-order valence-corrected chi connectivity index (χ3v) is 3.70. The van der Waals surface area contributed by atoms with E-state index in [-0.39, 0.29) is 11.9 Å². The SMILES string of the molecule is CCn1nnc2cc(C(=O)Nc3ccc(NC(=O)NC)cc3)ccc21. The predicted molar refractivity (Wildman–Crippen MR) is 95.7 cm³/mol. The van der Waals surface area contributed by atoms with Crippen molar-refractivity contribution in [3.8, 4) is 0 Å². The Morgan fingerprint density at radius 1 is 1.04 bits per heavy atom. The van der Waals surface area contributed by atoms with E-state index in [1.807, 2.05) is 13.0 Å². The van der Waals surface area contributed by atoms with Gasteiger partial charge in [0.05, 0.1) is 5.52 Å². The Labute approximate surface area is 144 Å². The second kappa shape index (κ2) is 7.00. The molecule has 0 bridgehead atoms. The molecular formula is C17H18N6O2. The number of nitrogens with one attached hydrogen (secondary N) is 3. The average Bonchev–Trinajstić information content (AvgIpc) is 3.05. The Balaban J connectivity index is 1.72. The summed E-state index contributed by atoms with van der Waals surface area (Å²) in [4.78, 5) is 23.7. The van der Waals surface area contributed by atoms with Gasteiger partial charge in [0.15, 0.2) is 0 Å². The minimum absolute atomic E-state index is 0.236. The summed E-state index contributed by atoms with van der Waals surface area (Å²) < 4.78 is 1.77. The van der Waals surface area contributed by atoms with E-state index in [1.54, 1.807) is 48.1 Å². The molecule has 0 aliphatic rings. The van der Waals surface area contributed by atoms with Crippen molar-refractivity contribution in [2.75, 3.05) is 17.7 Å². The Kier molecular flexibility index (Phi) is 4.60. The van der Waals surface area contributed by atoms with Crippen LogP contribution >= 0.6 is 0 Å². The molecule has 0 unspecified atom stereocenters. The molecule has 0 atom stereocenters. The molecule has 25 heavy (non-hydrogen) atoms. The number of carbonyl (C=O) groups excluding carboxylic acids is 2. The first kappa shape index (κ1) is 16.4. The van der Waals surface area contributed by atoms with Crippen LogP contribution in [0.15, 0.2) is 42.5 Å². The fourth-order valence-corrected chi connectivity index (χ4v) is 2.38. The van der Waals surface area contributed by atoms with E-state index in [4.69, 9.17) is 0 Å². The molecule has 0 saturated heterocycles. The summed E-state index contributed by atoms with van der Waals surface area (Å²) in [5.41, 5.74) is 3.34. The van der Waals surface area contributed by atoms with Crippen molar-refractivity contribution < 1.29 is 9.59 Å². The monoisotopic (exact) mass is 338 g/mol. The molecule has 3 aromatic rings. The number of aryl methyl sites for hydroxylation is 1. The second-order valence-electron chi connectivity index (χ2n) is 5.34. The van der Waals surface area contributed by atoms with E-state index in [0.717, 1.165) is 12.1 Å². The van der Waals surface area contributed by atoms with Crippen molar-refractivity contribution in [3.05, 3.63) is 48.0 Å². The number of urea groups is 1. The minimum Gasteiger partial charge on any atom is -0.341 e. The van der Waals surface area contributed by atoms with Gasteiger partial charge in [-0.3, -0.25) is 4.79 Å². The van der Waals surface area contributed by atoms with Crippen LogP contribution in [-0.2, 0) is 6.54 Å². The van der Waals surface area contributed by atoms with Gasteiger partial charge in [0.2, 0.25) is 0 Å². The number of nitrogens with zero attached hydrogens (tertiary/aromatic N) is 3. The van der Waals surface area contributed by atoms with Crippen molar-refractivity contribution in [2.24, 2.45) is 0 Å². The lowest BCUT2D eigenvalue weighted by Crippen LogP contribution is -2.24. The van der Waals surface area contributed by atoms with Crippen molar-refractivity contribution in [3.63, 3.8) is 0 Å². The Morgan fingerprint density at radius 2 is 1.72 bits per heavy atom. The zero-order chi connectivity index (χ0) is 17.8. The molecule has 2 aromatic carbocycles. The number of aromatic nitrogens is 3. The fourth-order valence-electron chi connectivity index (χ4n) is 2.38. The minimum atomic E-state index is -0.301. The topological polar surface area (TPSA) is 101 Å². The summed E-state index contributed by atoms with van der Waals surface area (Å²) in [6.45, 7) is 2.70. The summed E-state index contributed by atoms with van der Waals surface area (Å²) in [5, 5.41) is 16.0. The van der Waals surface area contributed by atoms with E-state index in [1.165, 1.54) is 0 Å². The molecule has 0 saturated carbocycles. The number of hydrogen-bond donors (Lipinski definition) is 3. The number of amides is 3. The average molecular weight is 338 g/mol. The summed E-state index contributed by atoms with van der Waals surface area (Å²) in [6.07, 6.45) is 0. The van der Waals surface area contributed by atoms with Crippen molar-refractivity contribution in [1.29, 1.82) is 0 Å². The first-order valence-corrected chi connectivity index (χ1v) is 7.84. The van der Waals surface area contributed by atoms with Crippen LogP contribution in [0, 0.1) is 0 Å². The molecule has 0 spiro atoms. The maximum atomic E-state index is 12.4. The molecule has 8 heteroatoms.